The maximum atomic E-state index is 11.0. The summed E-state index contributed by atoms with van der Waals surface area (Å²) in [7, 11) is 1.24. The van der Waals surface area contributed by atoms with Crippen molar-refractivity contribution >= 4 is 23.3 Å². The van der Waals surface area contributed by atoms with Crippen LogP contribution in [0.3, 0.4) is 0 Å². The van der Waals surface area contributed by atoms with Crippen molar-refractivity contribution in [1.82, 2.24) is 0 Å². The van der Waals surface area contributed by atoms with E-state index in [1.807, 2.05) is 0 Å². The highest BCUT2D eigenvalue weighted by Crippen LogP contribution is 2.27. The summed E-state index contributed by atoms with van der Waals surface area (Å²) in [6.07, 6.45) is -0.0859. The van der Waals surface area contributed by atoms with E-state index in [2.05, 4.69) is 4.74 Å². The van der Waals surface area contributed by atoms with Crippen molar-refractivity contribution in [3.05, 3.63) is 38.9 Å². The van der Waals surface area contributed by atoms with Gasteiger partial charge in [0.05, 0.1) is 18.5 Å². The maximum absolute atomic E-state index is 11.0. The molecule has 0 saturated carbocycles. The lowest BCUT2D eigenvalue weighted by molar-refractivity contribution is -0.384. The van der Waals surface area contributed by atoms with E-state index in [4.69, 9.17) is 17.3 Å². The topological polar surface area (TPSA) is 95.5 Å². The molecule has 7 heteroatoms. The van der Waals surface area contributed by atoms with Crippen LogP contribution in [0.15, 0.2) is 18.2 Å². The van der Waals surface area contributed by atoms with Gasteiger partial charge in [-0.25, -0.2) is 0 Å². The molecule has 1 aromatic rings. The number of methoxy groups -OCH3 is 1. The summed E-state index contributed by atoms with van der Waals surface area (Å²) in [6.45, 7) is 0. The third-order valence-corrected chi connectivity index (χ3v) is 2.55. The van der Waals surface area contributed by atoms with Crippen LogP contribution in [-0.2, 0) is 9.53 Å². The third kappa shape index (κ3) is 3.40. The molecule has 17 heavy (non-hydrogen) atoms. The molecule has 0 aliphatic carbocycles. The predicted octanol–water partition coefficient (Wildman–Crippen LogP) is 1.81. The fraction of sp³-hybridized carbons (Fsp3) is 0.300. The molecule has 0 saturated heterocycles. The standard InChI is InChI=1S/C10H11ClN2O4/c1-17-10(14)5-9(12)7-4-6(13(15)16)2-3-8(7)11/h2-4,9H,5,12H2,1H3/t9-/m0/s1. The van der Waals surface area contributed by atoms with Crippen LogP contribution in [0.25, 0.3) is 0 Å². The largest absolute Gasteiger partial charge is 0.469 e. The SMILES string of the molecule is COC(=O)C[C@H](N)c1cc([N+](=O)[O-])ccc1Cl. The van der Waals surface area contributed by atoms with Crippen LogP contribution in [0.5, 0.6) is 0 Å². The number of halogens is 1. The number of hydrogen-bond acceptors (Lipinski definition) is 5. The van der Waals surface area contributed by atoms with Gasteiger partial charge in [0.1, 0.15) is 0 Å². The predicted molar refractivity (Wildman–Crippen MR) is 61.7 cm³/mol. The van der Waals surface area contributed by atoms with Gasteiger partial charge in [-0.05, 0) is 11.6 Å². The number of carbonyl (C=O) groups is 1. The molecule has 1 atom stereocenters. The number of nitro benzene ring substituents is 1. The number of carbonyl (C=O) groups excluding carboxylic acids is 1. The molecule has 0 aliphatic heterocycles. The first kappa shape index (κ1) is 13.4. The van der Waals surface area contributed by atoms with Crippen LogP contribution in [0, 0.1) is 10.1 Å². The summed E-state index contributed by atoms with van der Waals surface area (Å²) in [5, 5.41) is 10.9. The molecule has 0 fully saturated rings. The molecule has 0 radical (unpaired) electrons. The van der Waals surface area contributed by atoms with Crippen molar-refractivity contribution in [2.75, 3.05) is 7.11 Å². The molecule has 0 heterocycles. The highest BCUT2D eigenvalue weighted by molar-refractivity contribution is 6.31. The molecule has 0 aromatic heterocycles. The Morgan fingerprint density at radius 3 is 2.82 bits per heavy atom. The zero-order valence-electron chi connectivity index (χ0n) is 9.05. The minimum Gasteiger partial charge on any atom is -0.469 e. The Morgan fingerprint density at radius 2 is 2.29 bits per heavy atom. The highest BCUT2D eigenvalue weighted by Gasteiger charge is 2.18. The molecular formula is C10H11ClN2O4. The van der Waals surface area contributed by atoms with Gasteiger partial charge in [-0.15, -0.1) is 0 Å². The molecule has 0 unspecified atom stereocenters. The molecule has 0 aliphatic rings. The van der Waals surface area contributed by atoms with Crippen LogP contribution in [0.2, 0.25) is 5.02 Å². The van der Waals surface area contributed by atoms with E-state index in [9.17, 15) is 14.9 Å². The minimum absolute atomic E-state index is 0.0859. The van der Waals surface area contributed by atoms with E-state index >= 15 is 0 Å². The molecular weight excluding hydrogens is 248 g/mol. The van der Waals surface area contributed by atoms with E-state index in [0.29, 0.717) is 5.56 Å². The Labute approximate surface area is 102 Å². The Balaban J connectivity index is 2.99. The van der Waals surface area contributed by atoms with Gasteiger partial charge in [0.2, 0.25) is 0 Å². The number of hydrogen-bond donors (Lipinski definition) is 1. The molecule has 6 nitrogen and oxygen atoms in total. The summed E-state index contributed by atoms with van der Waals surface area (Å²) >= 11 is 5.87. The lowest BCUT2D eigenvalue weighted by Gasteiger charge is -2.11. The molecule has 0 spiro atoms. The average Bonchev–Trinajstić information content (AvgIpc) is 2.28. The average molecular weight is 259 g/mol. The normalized spacial score (nSPS) is 11.9. The van der Waals surface area contributed by atoms with Crippen LogP contribution < -0.4 is 5.73 Å². The van der Waals surface area contributed by atoms with E-state index in [0.717, 1.165) is 0 Å². The second-order valence-electron chi connectivity index (χ2n) is 3.35. The number of nitrogens with two attached hydrogens (primary N) is 1. The van der Waals surface area contributed by atoms with Crippen LogP contribution >= 0.6 is 11.6 Å². The van der Waals surface area contributed by atoms with Crippen molar-refractivity contribution in [3.63, 3.8) is 0 Å². The number of nitro groups is 1. The Morgan fingerprint density at radius 1 is 1.65 bits per heavy atom. The van der Waals surface area contributed by atoms with Crippen LogP contribution in [0.1, 0.15) is 18.0 Å². The Hall–Kier alpha value is -1.66. The van der Waals surface area contributed by atoms with Crippen LogP contribution in [-0.4, -0.2) is 18.0 Å². The van der Waals surface area contributed by atoms with Crippen LogP contribution in [0.4, 0.5) is 5.69 Å². The summed E-state index contributed by atoms with van der Waals surface area (Å²) in [5.74, 6) is -0.500. The van der Waals surface area contributed by atoms with Gasteiger partial charge in [-0.1, -0.05) is 11.6 Å². The minimum atomic E-state index is -0.727. The lowest BCUT2D eigenvalue weighted by atomic mass is 10.0. The molecule has 0 amide bonds. The number of non-ortho nitro benzene ring substituents is 1. The molecule has 1 rings (SSSR count). The first-order chi connectivity index (χ1) is 7.95. The molecule has 0 bridgehead atoms. The summed E-state index contributed by atoms with van der Waals surface area (Å²) in [5.41, 5.74) is 5.97. The van der Waals surface area contributed by atoms with Crippen molar-refractivity contribution in [3.8, 4) is 0 Å². The van der Waals surface area contributed by atoms with Gasteiger partial charge in [-0.2, -0.15) is 0 Å². The molecule has 2 N–H and O–H groups in total. The van der Waals surface area contributed by atoms with E-state index in [1.165, 1.54) is 25.3 Å². The second-order valence-corrected chi connectivity index (χ2v) is 3.76. The monoisotopic (exact) mass is 258 g/mol. The zero-order chi connectivity index (χ0) is 13.0. The quantitative estimate of drug-likeness (QED) is 0.505. The summed E-state index contributed by atoms with van der Waals surface area (Å²) in [6, 6.07) is 3.19. The second kappa shape index (κ2) is 5.60. The Kier molecular flexibility index (Phi) is 4.42. The smallest absolute Gasteiger partial charge is 0.307 e. The summed E-state index contributed by atoms with van der Waals surface area (Å²) in [4.78, 5) is 21.1. The maximum Gasteiger partial charge on any atom is 0.307 e. The van der Waals surface area contributed by atoms with E-state index in [1.54, 1.807) is 0 Å². The third-order valence-electron chi connectivity index (χ3n) is 2.20. The summed E-state index contributed by atoms with van der Waals surface area (Å²) < 4.78 is 4.46. The number of esters is 1. The van der Waals surface area contributed by atoms with Gasteiger partial charge in [0.15, 0.2) is 0 Å². The number of nitrogens with zero attached hydrogens (tertiary/aromatic N) is 1. The van der Waals surface area contributed by atoms with E-state index < -0.39 is 16.9 Å². The van der Waals surface area contributed by atoms with Gasteiger partial charge in [-0.3, -0.25) is 14.9 Å². The molecule has 92 valence electrons. The fourth-order valence-corrected chi connectivity index (χ4v) is 1.56. The first-order valence-electron chi connectivity index (χ1n) is 4.72. The van der Waals surface area contributed by atoms with Crippen molar-refractivity contribution in [2.45, 2.75) is 12.5 Å². The van der Waals surface area contributed by atoms with Gasteiger partial charge in [0, 0.05) is 23.2 Å². The van der Waals surface area contributed by atoms with Crippen molar-refractivity contribution < 1.29 is 14.5 Å². The van der Waals surface area contributed by atoms with Crippen molar-refractivity contribution in [2.24, 2.45) is 5.73 Å². The fourth-order valence-electron chi connectivity index (χ4n) is 1.30. The van der Waals surface area contributed by atoms with Gasteiger partial charge < -0.3 is 10.5 Å². The zero-order valence-corrected chi connectivity index (χ0v) is 9.81. The number of rotatable bonds is 4. The van der Waals surface area contributed by atoms with Crippen molar-refractivity contribution in [1.29, 1.82) is 0 Å². The highest BCUT2D eigenvalue weighted by atomic mass is 35.5. The first-order valence-corrected chi connectivity index (χ1v) is 5.09. The Bertz CT molecular complexity index is 450. The van der Waals surface area contributed by atoms with Gasteiger partial charge in [0.25, 0.3) is 5.69 Å². The van der Waals surface area contributed by atoms with E-state index in [-0.39, 0.29) is 17.1 Å². The molecule has 1 aromatic carbocycles. The number of benzene rings is 1. The number of ether oxygens (including phenoxy) is 1. The van der Waals surface area contributed by atoms with Gasteiger partial charge >= 0.3 is 5.97 Å². The lowest BCUT2D eigenvalue weighted by Crippen LogP contribution is -2.16.